The molecule has 0 unspecified atom stereocenters. The average molecular weight is 373 g/mol. The minimum absolute atomic E-state index is 0.288. The fourth-order valence-electron chi connectivity index (χ4n) is 2.18. The van der Waals surface area contributed by atoms with Crippen LogP contribution in [0.3, 0.4) is 0 Å². The van der Waals surface area contributed by atoms with Crippen molar-refractivity contribution in [2.45, 2.75) is 6.92 Å². The largest absolute Gasteiger partial charge is 0.455 e. The van der Waals surface area contributed by atoms with Gasteiger partial charge in [-0.3, -0.25) is 4.79 Å². The summed E-state index contributed by atoms with van der Waals surface area (Å²) >= 11 is 12.1. The predicted molar refractivity (Wildman–Crippen MR) is 100 cm³/mol. The number of carbonyl (C=O) groups is 1. The van der Waals surface area contributed by atoms with E-state index in [4.69, 9.17) is 27.6 Å². The van der Waals surface area contributed by atoms with E-state index in [0.29, 0.717) is 27.1 Å². The number of rotatable bonds is 4. The zero-order valence-electron chi connectivity index (χ0n) is 13.3. The molecule has 1 aromatic heterocycles. The van der Waals surface area contributed by atoms with Gasteiger partial charge >= 0.3 is 0 Å². The van der Waals surface area contributed by atoms with Gasteiger partial charge in [0.15, 0.2) is 0 Å². The number of amides is 1. The highest BCUT2D eigenvalue weighted by Crippen LogP contribution is 2.31. The second-order valence-corrected chi connectivity index (χ2v) is 6.23. The second kappa shape index (κ2) is 7.55. The van der Waals surface area contributed by atoms with E-state index >= 15 is 0 Å². The third kappa shape index (κ3) is 4.29. The van der Waals surface area contributed by atoms with Crippen molar-refractivity contribution in [1.29, 1.82) is 0 Å². The van der Waals surface area contributed by atoms with Crippen molar-refractivity contribution in [3.63, 3.8) is 0 Å². The lowest BCUT2D eigenvalue weighted by Gasteiger charge is -2.01. The summed E-state index contributed by atoms with van der Waals surface area (Å²) in [5.74, 6) is 0.793. The fraction of sp³-hybridized carbons (Fsp3) is 0.0526. The van der Waals surface area contributed by atoms with Crippen LogP contribution in [0.15, 0.2) is 64.1 Å². The summed E-state index contributed by atoms with van der Waals surface area (Å²) in [6.07, 6.45) is 1.43. The summed E-state index contributed by atoms with van der Waals surface area (Å²) < 4.78 is 5.67. The Morgan fingerprint density at radius 2 is 1.84 bits per heavy atom. The van der Waals surface area contributed by atoms with Gasteiger partial charge in [-0.05, 0) is 49.4 Å². The Hall–Kier alpha value is -2.56. The molecule has 0 bridgehead atoms. The van der Waals surface area contributed by atoms with Crippen LogP contribution in [0.1, 0.15) is 21.7 Å². The number of hydrogen-bond acceptors (Lipinski definition) is 3. The average Bonchev–Trinajstić information content (AvgIpc) is 3.04. The minimum atomic E-state index is -0.288. The molecular weight excluding hydrogens is 359 g/mol. The Morgan fingerprint density at radius 1 is 1.08 bits per heavy atom. The number of halogens is 2. The summed E-state index contributed by atoms with van der Waals surface area (Å²) in [5.41, 5.74) is 4.82. The van der Waals surface area contributed by atoms with Crippen molar-refractivity contribution < 1.29 is 9.21 Å². The monoisotopic (exact) mass is 372 g/mol. The third-order valence-electron chi connectivity index (χ3n) is 3.50. The third-order valence-corrected chi connectivity index (χ3v) is 4.04. The normalized spacial score (nSPS) is 11.0. The van der Waals surface area contributed by atoms with Gasteiger partial charge in [-0.25, -0.2) is 5.43 Å². The van der Waals surface area contributed by atoms with Gasteiger partial charge < -0.3 is 4.42 Å². The molecule has 0 saturated carbocycles. The van der Waals surface area contributed by atoms with E-state index in [1.165, 1.54) is 6.21 Å². The van der Waals surface area contributed by atoms with Crippen molar-refractivity contribution in [3.05, 3.63) is 81.5 Å². The molecular formula is C19H14Cl2N2O2. The van der Waals surface area contributed by atoms with Gasteiger partial charge in [-0.2, -0.15) is 5.10 Å². The van der Waals surface area contributed by atoms with Gasteiger partial charge in [0.25, 0.3) is 5.91 Å². The highest BCUT2D eigenvalue weighted by Gasteiger charge is 2.09. The number of nitrogens with one attached hydrogen (secondary N) is 1. The zero-order valence-corrected chi connectivity index (χ0v) is 14.8. The molecule has 0 aliphatic heterocycles. The molecule has 0 spiro atoms. The van der Waals surface area contributed by atoms with Gasteiger partial charge in [0.2, 0.25) is 0 Å². The van der Waals surface area contributed by atoms with E-state index in [0.717, 1.165) is 11.1 Å². The Labute approximate surface area is 155 Å². The molecule has 4 nitrogen and oxygen atoms in total. The van der Waals surface area contributed by atoms with Crippen LogP contribution >= 0.6 is 23.2 Å². The SMILES string of the molecule is Cc1ccc(C(=O)N/N=C\c2ccc(-c3ccc(Cl)cc3Cl)o2)cc1. The molecule has 0 saturated heterocycles. The second-order valence-electron chi connectivity index (χ2n) is 5.39. The number of hydrazone groups is 1. The minimum Gasteiger partial charge on any atom is -0.455 e. The van der Waals surface area contributed by atoms with E-state index in [2.05, 4.69) is 10.5 Å². The smallest absolute Gasteiger partial charge is 0.271 e. The van der Waals surface area contributed by atoms with Crippen molar-refractivity contribution in [3.8, 4) is 11.3 Å². The van der Waals surface area contributed by atoms with Gasteiger partial charge in [0, 0.05) is 16.1 Å². The molecule has 1 N–H and O–H groups in total. The van der Waals surface area contributed by atoms with Crippen molar-refractivity contribution in [2.75, 3.05) is 0 Å². The van der Waals surface area contributed by atoms with Crippen LogP contribution in [0.25, 0.3) is 11.3 Å². The lowest BCUT2D eigenvalue weighted by molar-refractivity contribution is 0.0955. The summed E-state index contributed by atoms with van der Waals surface area (Å²) in [6, 6.07) is 15.9. The van der Waals surface area contributed by atoms with E-state index in [9.17, 15) is 4.79 Å². The van der Waals surface area contributed by atoms with Crippen LogP contribution in [-0.2, 0) is 0 Å². The van der Waals surface area contributed by atoms with E-state index in [1.54, 1.807) is 42.5 Å². The van der Waals surface area contributed by atoms with Crippen molar-refractivity contribution in [2.24, 2.45) is 5.10 Å². The van der Waals surface area contributed by atoms with E-state index in [-0.39, 0.29) is 5.91 Å². The number of aryl methyl sites for hydroxylation is 1. The quantitative estimate of drug-likeness (QED) is 0.497. The molecule has 126 valence electrons. The Balaban J connectivity index is 1.67. The van der Waals surface area contributed by atoms with Crippen LogP contribution in [0, 0.1) is 6.92 Å². The number of furan rings is 1. The topological polar surface area (TPSA) is 54.6 Å². The maximum atomic E-state index is 12.0. The van der Waals surface area contributed by atoms with Crippen LogP contribution < -0.4 is 5.43 Å². The van der Waals surface area contributed by atoms with E-state index < -0.39 is 0 Å². The number of nitrogens with zero attached hydrogens (tertiary/aromatic N) is 1. The van der Waals surface area contributed by atoms with Crippen LogP contribution in [0.5, 0.6) is 0 Å². The van der Waals surface area contributed by atoms with Gasteiger partial charge in [-0.1, -0.05) is 40.9 Å². The maximum absolute atomic E-state index is 12.0. The fourth-order valence-corrected chi connectivity index (χ4v) is 2.68. The summed E-state index contributed by atoms with van der Waals surface area (Å²) in [5, 5.41) is 4.97. The first-order valence-electron chi connectivity index (χ1n) is 7.48. The molecule has 2 aromatic carbocycles. The van der Waals surface area contributed by atoms with E-state index in [1.807, 2.05) is 19.1 Å². The Kier molecular flexibility index (Phi) is 5.22. The lowest BCUT2D eigenvalue weighted by Crippen LogP contribution is -2.17. The molecule has 0 atom stereocenters. The summed E-state index contributed by atoms with van der Waals surface area (Å²) in [6.45, 7) is 1.96. The molecule has 3 rings (SSSR count). The lowest BCUT2D eigenvalue weighted by atomic mass is 10.1. The zero-order chi connectivity index (χ0) is 17.8. The predicted octanol–water partition coefficient (Wildman–Crippen LogP) is 5.33. The number of carbonyl (C=O) groups excluding carboxylic acids is 1. The molecule has 3 aromatic rings. The molecule has 1 heterocycles. The standard InChI is InChI=1S/C19H14Cl2N2O2/c1-12-2-4-13(5-3-12)19(24)23-22-11-15-7-9-18(25-15)16-8-6-14(20)10-17(16)21/h2-11H,1H3,(H,23,24)/b22-11-. The van der Waals surface area contributed by atoms with Gasteiger partial charge in [0.05, 0.1) is 11.2 Å². The molecule has 25 heavy (non-hydrogen) atoms. The first kappa shape index (κ1) is 17.3. The van der Waals surface area contributed by atoms with Crippen LogP contribution in [0.2, 0.25) is 10.0 Å². The van der Waals surface area contributed by atoms with Gasteiger partial charge in [0.1, 0.15) is 11.5 Å². The summed E-state index contributed by atoms with van der Waals surface area (Å²) in [4.78, 5) is 12.0. The Morgan fingerprint density at radius 3 is 2.56 bits per heavy atom. The molecule has 0 fully saturated rings. The first-order valence-corrected chi connectivity index (χ1v) is 8.24. The molecule has 0 aliphatic rings. The highest BCUT2D eigenvalue weighted by molar-refractivity contribution is 6.36. The summed E-state index contributed by atoms with van der Waals surface area (Å²) in [7, 11) is 0. The van der Waals surface area contributed by atoms with Crippen LogP contribution in [-0.4, -0.2) is 12.1 Å². The van der Waals surface area contributed by atoms with Gasteiger partial charge in [-0.15, -0.1) is 0 Å². The maximum Gasteiger partial charge on any atom is 0.271 e. The van der Waals surface area contributed by atoms with Crippen molar-refractivity contribution >= 4 is 35.3 Å². The van der Waals surface area contributed by atoms with Crippen molar-refractivity contribution in [1.82, 2.24) is 5.43 Å². The molecule has 1 amide bonds. The Bertz CT molecular complexity index is 931. The molecule has 0 aliphatic carbocycles. The molecule has 6 heteroatoms. The highest BCUT2D eigenvalue weighted by atomic mass is 35.5. The first-order chi connectivity index (χ1) is 12.0. The molecule has 0 radical (unpaired) electrons. The van der Waals surface area contributed by atoms with Crippen LogP contribution in [0.4, 0.5) is 0 Å². The number of benzene rings is 2. The number of hydrogen-bond donors (Lipinski definition) is 1.